The smallest absolute Gasteiger partial charge is 0.0995 e. The summed E-state index contributed by atoms with van der Waals surface area (Å²) in [4.78, 5) is 1.37. The molecule has 18 heavy (non-hydrogen) atoms. The second-order valence-electron chi connectivity index (χ2n) is 4.85. The Labute approximate surface area is 118 Å². The molecule has 2 rings (SSSR count). The fraction of sp³-hybridized carbons (Fsp3) is 0.643. The summed E-state index contributed by atoms with van der Waals surface area (Å²) in [6.45, 7) is 0.860. The highest BCUT2D eigenvalue weighted by Gasteiger charge is 2.30. The van der Waals surface area contributed by atoms with Gasteiger partial charge in [0.1, 0.15) is 0 Å². The summed E-state index contributed by atoms with van der Waals surface area (Å²) in [5.41, 5.74) is 0. The largest absolute Gasteiger partial charge is 0.301 e. The molecule has 0 saturated heterocycles. The molecule has 1 heterocycles. The third-order valence-electron chi connectivity index (χ3n) is 3.61. The Morgan fingerprint density at radius 1 is 1.50 bits per heavy atom. The molecule has 0 amide bonds. The molecule has 3 unspecified atom stereocenters. The lowest BCUT2D eigenvalue weighted by molar-refractivity contribution is 0.312. The van der Waals surface area contributed by atoms with Gasteiger partial charge in [0, 0.05) is 22.7 Å². The van der Waals surface area contributed by atoms with E-state index in [1.165, 1.54) is 17.7 Å². The van der Waals surface area contributed by atoms with Gasteiger partial charge < -0.3 is 5.32 Å². The lowest BCUT2D eigenvalue weighted by atomic mass is 9.84. The molecule has 0 bridgehead atoms. The number of hydrogen-bond donors (Lipinski definition) is 1. The number of thiophene rings is 1. The van der Waals surface area contributed by atoms with E-state index in [0.717, 1.165) is 25.8 Å². The van der Waals surface area contributed by atoms with E-state index in [9.17, 15) is 5.26 Å². The number of nitrogens with one attached hydrogen (secondary N) is 1. The first-order valence-corrected chi connectivity index (χ1v) is 7.92. The summed E-state index contributed by atoms with van der Waals surface area (Å²) >= 11 is 8.11. The second-order valence-corrected chi connectivity index (χ2v) is 6.45. The normalized spacial score (nSPS) is 25.6. The zero-order valence-electron chi connectivity index (χ0n) is 10.4. The van der Waals surface area contributed by atoms with Gasteiger partial charge in [-0.1, -0.05) is 18.9 Å². The maximum atomic E-state index is 9.28. The molecule has 2 nitrogen and oxygen atoms in total. The SMILES string of the molecule is N#CC(NCCc1cccs1)C1CCCCC1Cl. The lowest BCUT2D eigenvalue weighted by Crippen LogP contribution is -2.41. The fourth-order valence-electron chi connectivity index (χ4n) is 2.59. The maximum Gasteiger partial charge on any atom is 0.0995 e. The van der Waals surface area contributed by atoms with Crippen molar-refractivity contribution in [2.45, 2.75) is 43.5 Å². The summed E-state index contributed by atoms with van der Waals surface area (Å²) in [5, 5.41) is 14.9. The minimum Gasteiger partial charge on any atom is -0.301 e. The van der Waals surface area contributed by atoms with Crippen molar-refractivity contribution in [3.63, 3.8) is 0 Å². The van der Waals surface area contributed by atoms with Crippen molar-refractivity contribution in [1.82, 2.24) is 5.32 Å². The topological polar surface area (TPSA) is 35.8 Å². The van der Waals surface area contributed by atoms with Gasteiger partial charge in [-0.05, 0) is 30.7 Å². The van der Waals surface area contributed by atoms with E-state index in [0.29, 0.717) is 5.92 Å². The predicted octanol–water partition coefficient (Wildman–Crippen LogP) is 3.57. The third kappa shape index (κ3) is 3.71. The molecule has 1 fully saturated rings. The number of rotatable bonds is 5. The monoisotopic (exact) mass is 282 g/mol. The fourth-order valence-corrected chi connectivity index (χ4v) is 3.72. The van der Waals surface area contributed by atoms with Crippen molar-refractivity contribution in [2.24, 2.45) is 5.92 Å². The summed E-state index contributed by atoms with van der Waals surface area (Å²) in [5.74, 6) is 0.314. The summed E-state index contributed by atoms with van der Waals surface area (Å²) < 4.78 is 0. The van der Waals surface area contributed by atoms with Crippen LogP contribution in [0, 0.1) is 17.2 Å². The first kappa shape index (κ1) is 13.9. The van der Waals surface area contributed by atoms with Crippen LogP contribution in [-0.2, 0) is 6.42 Å². The van der Waals surface area contributed by atoms with Gasteiger partial charge in [-0.2, -0.15) is 5.26 Å². The first-order chi connectivity index (χ1) is 8.81. The molecule has 1 aromatic heterocycles. The molecule has 0 aromatic carbocycles. The van der Waals surface area contributed by atoms with Crippen LogP contribution >= 0.6 is 22.9 Å². The van der Waals surface area contributed by atoms with Crippen LogP contribution in [0.2, 0.25) is 0 Å². The van der Waals surface area contributed by atoms with Crippen LogP contribution in [0.15, 0.2) is 17.5 Å². The number of halogens is 1. The van der Waals surface area contributed by atoms with Gasteiger partial charge >= 0.3 is 0 Å². The summed E-state index contributed by atoms with van der Waals surface area (Å²) in [6, 6.07) is 6.50. The molecule has 3 atom stereocenters. The summed E-state index contributed by atoms with van der Waals surface area (Å²) in [7, 11) is 0. The van der Waals surface area contributed by atoms with Gasteiger partial charge in [-0.3, -0.25) is 0 Å². The van der Waals surface area contributed by atoms with E-state index in [2.05, 4.69) is 28.9 Å². The molecule has 0 aliphatic heterocycles. The molecular formula is C14H19ClN2S. The van der Waals surface area contributed by atoms with Gasteiger partial charge in [-0.15, -0.1) is 22.9 Å². The van der Waals surface area contributed by atoms with Crippen molar-refractivity contribution in [3.8, 4) is 6.07 Å². The van der Waals surface area contributed by atoms with E-state index >= 15 is 0 Å². The van der Waals surface area contributed by atoms with E-state index in [1.807, 2.05) is 0 Å². The van der Waals surface area contributed by atoms with Crippen LogP contribution in [0.25, 0.3) is 0 Å². The van der Waals surface area contributed by atoms with Crippen molar-refractivity contribution >= 4 is 22.9 Å². The average Bonchev–Trinajstić information content (AvgIpc) is 2.89. The molecular weight excluding hydrogens is 264 g/mol. The van der Waals surface area contributed by atoms with Crippen LogP contribution in [0.5, 0.6) is 0 Å². The van der Waals surface area contributed by atoms with Gasteiger partial charge in [0.05, 0.1) is 12.1 Å². The average molecular weight is 283 g/mol. The van der Waals surface area contributed by atoms with Crippen LogP contribution in [-0.4, -0.2) is 18.0 Å². The molecule has 4 heteroatoms. The van der Waals surface area contributed by atoms with Gasteiger partial charge in [-0.25, -0.2) is 0 Å². The van der Waals surface area contributed by atoms with Crippen LogP contribution in [0.1, 0.15) is 30.6 Å². The van der Waals surface area contributed by atoms with Gasteiger partial charge in [0.15, 0.2) is 0 Å². The number of nitrogens with zero attached hydrogens (tertiary/aromatic N) is 1. The molecule has 1 aliphatic carbocycles. The highest BCUT2D eigenvalue weighted by atomic mass is 35.5. The van der Waals surface area contributed by atoms with Crippen LogP contribution in [0.3, 0.4) is 0 Å². The molecule has 1 aromatic rings. The van der Waals surface area contributed by atoms with E-state index in [1.54, 1.807) is 11.3 Å². The number of nitriles is 1. The molecule has 0 spiro atoms. The van der Waals surface area contributed by atoms with Gasteiger partial charge in [0.2, 0.25) is 0 Å². The Morgan fingerprint density at radius 2 is 2.33 bits per heavy atom. The maximum absolute atomic E-state index is 9.28. The van der Waals surface area contributed by atoms with E-state index in [-0.39, 0.29) is 11.4 Å². The predicted molar refractivity (Wildman–Crippen MR) is 77.0 cm³/mol. The van der Waals surface area contributed by atoms with Crippen LogP contribution < -0.4 is 5.32 Å². The molecule has 0 radical (unpaired) electrons. The van der Waals surface area contributed by atoms with E-state index in [4.69, 9.17) is 11.6 Å². The van der Waals surface area contributed by atoms with Gasteiger partial charge in [0.25, 0.3) is 0 Å². The molecule has 98 valence electrons. The Balaban J connectivity index is 1.80. The minimum absolute atomic E-state index is 0.0900. The summed E-state index contributed by atoms with van der Waals surface area (Å²) in [6.07, 6.45) is 5.54. The van der Waals surface area contributed by atoms with E-state index < -0.39 is 0 Å². The minimum atomic E-state index is -0.0900. The Morgan fingerprint density at radius 3 is 3.00 bits per heavy atom. The van der Waals surface area contributed by atoms with Crippen LogP contribution in [0.4, 0.5) is 0 Å². The zero-order valence-corrected chi connectivity index (χ0v) is 12.0. The molecule has 1 saturated carbocycles. The Kier molecular flexibility index (Phi) is 5.49. The number of hydrogen-bond acceptors (Lipinski definition) is 3. The zero-order chi connectivity index (χ0) is 12.8. The van der Waals surface area contributed by atoms with Crippen molar-refractivity contribution in [3.05, 3.63) is 22.4 Å². The standard InChI is InChI=1S/C14H19ClN2S/c15-13-6-2-1-5-12(13)14(10-16)17-8-7-11-4-3-9-18-11/h3-4,9,12-14,17H,1-2,5-8H2. The highest BCUT2D eigenvalue weighted by Crippen LogP contribution is 2.30. The molecule has 1 aliphatic rings. The first-order valence-electron chi connectivity index (χ1n) is 6.60. The Bertz CT molecular complexity index is 385. The van der Waals surface area contributed by atoms with Crippen molar-refractivity contribution in [1.29, 1.82) is 5.26 Å². The van der Waals surface area contributed by atoms with Crippen molar-refractivity contribution in [2.75, 3.05) is 6.54 Å². The quantitative estimate of drug-likeness (QED) is 0.838. The molecule has 1 N–H and O–H groups in total. The van der Waals surface area contributed by atoms with Crippen molar-refractivity contribution < 1.29 is 0 Å². The second kappa shape index (κ2) is 7.13. The third-order valence-corrected chi connectivity index (χ3v) is 5.09. The Hall–Kier alpha value is -0.560. The lowest BCUT2D eigenvalue weighted by Gasteiger charge is -2.30. The highest BCUT2D eigenvalue weighted by molar-refractivity contribution is 7.09. The number of alkyl halides is 1.